The predicted molar refractivity (Wildman–Crippen MR) is 62.1 cm³/mol. The van der Waals surface area contributed by atoms with Crippen molar-refractivity contribution in [2.45, 2.75) is 32.4 Å². The molecule has 0 saturated heterocycles. The number of hydrogen-bond donors (Lipinski definition) is 0. The second-order valence-corrected chi connectivity index (χ2v) is 4.56. The Labute approximate surface area is 95.0 Å². The van der Waals surface area contributed by atoms with Gasteiger partial charge >= 0.3 is 0 Å². The van der Waals surface area contributed by atoms with Gasteiger partial charge in [0.15, 0.2) is 11.5 Å². The van der Waals surface area contributed by atoms with Gasteiger partial charge < -0.3 is 0 Å². The smallest absolute Gasteiger partial charge is 0.196 e. The molecule has 16 heavy (non-hydrogen) atoms. The highest BCUT2D eigenvalue weighted by atomic mass is 19.1. The van der Waals surface area contributed by atoms with E-state index in [-0.39, 0.29) is 5.78 Å². The van der Waals surface area contributed by atoms with Crippen molar-refractivity contribution in [1.29, 1.82) is 0 Å². The number of allylic oxidation sites excluding steroid dienone is 2. The summed E-state index contributed by atoms with van der Waals surface area (Å²) >= 11 is 0. The van der Waals surface area contributed by atoms with Crippen molar-refractivity contribution in [3.8, 4) is 0 Å². The molecule has 0 saturated carbocycles. The lowest BCUT2D eigenvalue weighted by Crippen LogP contribution is -2.32. The highest BCUT2D eigenvalue weighted by molar-refractivity contribution is 6.06. The van der Waals surface area contributed by atoms with E-state index in [1.54, 1.807) is 6.92 Å². The van der Waals surface area contributed by atoms with Crippen molar-refractivity contribution in [3.05, 3.63) is 47.0 Å². The fraction of sp³-hybridized carbons (Fsp3) is 0.357. The van der Waals surface area contributed by atoms with E-state index >= 15 is 0 Å². The van der Waals surface area contributed by atoms with Crippen LogP contribution in [0.15, 0.2) is 41.5 Å². The molecule has 0 spiro atoms. The number of ketones is 1. The number of halogens is 1. The summed E-state index contributed by atoms with van der Waals surface area (Å²) in [6.45, 7) is 4.93. The van der Waals surface area contributed by atoms with E-state index < -0.39 is 11.6 Å². The molecule has 1 aliphatic carbocycles. The quantitative estimate of drug-likeness (QED) is 0.706. The summed E-state index contributed by atoms with van der Waals surface area (Å²) in [5, 5.41) is 0. The zero-order valence-corrected chi connectivity index (χ0v) is 9.75. The summed E-state index contributed by atoms with van der Waals surface area (Å²) in [6.07, 6.45) is 0. The summed E-state index contributed by atoms with van der Waals surface area (Å²) < 4.78 is 14.5. The number of rotatable bonds is 1. The van der Waals surface area contributed by atoms with Crippen molar-refractivity contribution < 1.29 is 9.18 Å². The molecule has 0 radical (unpaired) electrons. The summed E-state index contributed by atoms with van der Waals surface area (Å²) in [5.41, 5.74) is 0.491. The Hall–Kier alpha value is -1.44. The van der Waals surface area contributed by atoms with Gasteiger partial charge in [0.2, 0.25) is 0 Å². The number of Topliss-reactive ketones (excluding diaryl/α,β-unsaturated/α-hetero) is 1. The van der Waals surface area contributed by atoms with Crippen LogP contribution in [0.4, 0.5) is 4.39 Å². The van der Waals surface area contributed by atoms with Gasteiger partial charge in [0, 0.05) is 5.92 Å². The van der Waals surface area contributed by atoms with E-state index in [4.69, 9.17) is 0 Å². The molecule has 0 fully saturated rings. The second kappa shape index (κ2) is 3.55. The molecule has 0 unspecified atom stereocenters. The SMILES string of the molecule is CC1=C(C)[C@H](c2ccccc2)[C@](C)(F)C1=O. The zero-order chi connectivity index (χ0) is 11.9. The second-order valence-electron chi connectivity index (χ2n) is 4.56. The first-order chi connectivity index (χ1) is 7.46. The molecular formula is C14H15FO. The molecule has 1 aromatic rings. The summed E-state index contributed by atoms with van der Waals surface area (Å²) in [6, 6.07) is 9.38. The first-order valence-electron chi connectivity index (χ1n) is 5.42. The fourth-order valence-electron chi connectivity index (χ4n) is 2.51. The minimum atomic E-state index is -1.80. The molecule has 2 atom stereocenters. The van der Waals surface area contributed by atoms with Crippen LogP contribution in [-0.4, -0.2) is 11.5 Å². The standard InChI is InChI=1S/C14H15FO/c1-9-10(2)13(16)14(3,15)12(9)11-7-5-4-6-8-11/h4-8,12H,1-3H3/t12-,14+/m1/s1. The van der Waals surface area contributed by atoms with Gasteiger partial charge in [-0.3, -0.25) is 4.79 Å². The van der Waals surface area contributed by atoms with Crippen molar-refractivity contribution >= 4 is 5.78 Å². The molecule has 0 aliphatic heterocycles. The number of alkyl halides is 1. The Morgan fingerprint density at radius 1 is 1.19 bits per heavy atom. The highest BCUT2D eigenvalue weighted by Gasteiger charge is 2.49. The number of carbonyl (C=O) groups excluding carboxylic acids is 1. The molecule has 0 bridgehead atoms. The first kappa shape index (κ1) is 11.1. The molecule has 1 aromatic carbocycles. The molecule has 1 aliphatic rings. The lowest BCUT2D eigenvalue weighted by atomic mass is 9.84. The van der Waals surface area contributed by atoms with Gasteiger partial charge in [-0.15, -0.1) is 0 Å². The highest BCUT2D eigenvalue weighted by Crippen LogP contribution is 2.46. The average molecular weight is 218 g/mol. The van der Waals surface area contributed by atoms with Gasteiger partial charge in [-0.25, -0.2) is 4.39 Å². The molecule has 2 rings (SSSR count). The Balaban J connectivity index is 2.54. The van der Waals surface area contributed by atoms with Crippen LogP contribution in [0.25, 0.3) is 0 Å². The Kier molecular flexibility index (Phi) is 2.45. The van der Waals surface area contributed by atoms with Gasteiger partial charge in [0.1, 0.15) is 0 Å². The van der Waals surface area contributed by atoms with Gasteiger partial charge in [0.05, 0.1) is 0 Å². The van der Waals surface area contributed by atoms with E-state index in [1.807, 2.05) is 37.3 Å². The van der Waals surface area contributed by atoms with Crippen LogP contribution >= 0.6 is 0 Å². The molecular weight excluding hydrogens is 203 g/mol. The van der Waals surface area contributed by atoms with E-state index in [0.29, 0.717) is 5.57 Å². The van der Waals surface area contributed by atoms with Crippen LogP contribution in [-0.2, 0) is 4.79 Å². The summed E-state index contributed by atoms with van der Waals surface area (Å²) in [5.74, 6) is -0.806. The predicted octanol–water partition coefficient (Wildman–Crippen LogP) is 3.42. The summed E-state index contributed by atoms with van der Waals surface area (Å²) in [4.78, 5) is 11.8. The van der Waals surface area contributed by atoms with Gasteiger partial charge in [-0.05, 0) is 31.9 Å². The van der Waals surface area contributed by atoms with Crippen molar-refractivity contribution in [3.63, 3.8) is 0 Å². The Bertz CT molecular complexity index is 457. The molecule has 0 amide bonds. The van der Waals surface area contributed by atoms with Crippen molar-refractivity contribution in [1.82, 2.24) is 0 Å². The lowest BCUT2D eigenvalue weighted by Gasteiger charge is -2.23. The van der Waals surface area contributed by atoms with E-state index in [9.17, 15) is 9.18 Å². The molecule has 2 heteroatoms. The number of benzene rings is 1. The third kappa shape index (κ3) is 1.41. The number of hydrogen-bond acceptors (Lipinski definition) is 1. The monoisotopic (exact) mass is 218 g/mol. The third-order valence-electron chi connectivity index (χ3n) is 3.48. The average Bonchev–Trinajstić information content (AvgIpc) is 2.41. The third-order valence-corrected chi connectivity index (χ3v) is 3.48. The zero-order valence-electron chi connectivity index (χ0n) is 9.75. The van der Waals surface area contributed by atoms with Crippen LogP contribution in [0.1, 0.15) is 32.3 Å². The van der Waals surface area contributed by atoms with Crippen LogP contribution in [0.5, 0.6) is 0 Å². The minimum absolute atomic E-state index is 0.376. The molecule has 0 heterocycles. The van der Waals surface area contributed by atoms with E-state index in [2.05, 4.69) is 0 Å². The minimum Gasteiger partial charge on any atom is -0.291 e. The largest absolute Gasteiger partial charge is 0.291 e. The van der Waals surface area contributed by atoms with Crippen LogP contribution < -0.4 is 0 Å². The van der Waals surface area contributed by atoms with E-state index in [1.165, 1.54) is 6.92 Å². The van der Waals surface area contributed by atoms with Crippen LogP contribution in [0.2, 0.25) is 0 Å². The molecule has 0 N–H and O–H groups in total. The Morgan fingerprint density at radius 2 is 1.75 bits per heavy atom. The summed E-state index contributed by atoms with van der Waals surface area (Å²) in [7, 11) is 0. The maximum absolute atomic E-state index is 14.5. The fourth-order valence-corrected chi connectivity index (χ4v) is 2.51. The van der Waals surface area contributed by atoms with Gasteiger partial charge in [0.25, 0.3) is 0 Å². The van der Waals surface area contributed by atoms with E-state index in [0.717, 1.165) is 11.1 Å². The van der Waals surface area contributed by atoms with Crippen molar-refractivity contribution in [2.24, 2.45) is 0 Å². The van der Waals surface area contributed by atoms with Crippen LogP contribution in [0, 0.1) is 0 Å². The topological polar surface area (TPSA) is 17.1 Å². The van der Waals surface area contributed by atoms with Gasteiger partial charge in [-0.2, -0.15) is 0 Å². The van der Waals surface area contributed by atoms with Gasteiger partial charge in [-0.1, -0.05) is 35.9 Å². The van der Waals surface area contributed by atoms with Crippen molar-refractivity contribution in [2.75, 3.05) is 0 Å². The lowest BCUT2D eigenvalue weighted by molar-refractivity contribution is -0.124. The maximum atomic E-state index is 14.5. The maximum Gasteiger partial charge on any atom is 0.196 e. The first-order valence-corrected chi connectivity index (χ1v) is 5.42. The Morgan fingerprint density at radius 3 is 2.19 bits per heavy atom. The van der Waals surface area contributed by atoms with Crippen LogP contribution in [0.3, 0.4) is 0 Å². The molecule has 1 nitrogen and oxygen atoms in total. The molecule has 84 valence electrons. The molecule has 0 aromatic heterocycles. The number of carbonyl (C=O) groups is 1. The normalized spacial score (nSPS) is 30.0.